The van der Waals surface area contributed by atoms with E-state index in [2.05, 4.69) is 54.5 Å². The van der Waals surface area contributed by atoms with Crippen LogP contribution in [0.3, 0.4) is 0 Å². The second kappa shape index (κ2) is 4.97. The minimum Gasteiger partial charge on any atom is -0.188 e. The Hall–Kier alpha value is -0.940. The number of nitrogens with zero attached hydrogens (tertiary/aromatic N) is 2. The highest BCUT2D eigenvalue weighted by molar-refractivity contribution is 9.10. The lowest BCUT2D eigenvalue weighted by atomic mass is 10.2. The average Bonchev–Trinajstić information content (AvgIpc) is 2.54. The molecule has 0 aliphatic carbocycles. The quantitative estimate of drug-likeness (QED) is 0.631. The molecule has 1 aliphatic heterocycles. The summed E-state index contributed by atoms with van der Waals surface area (Å²) in [5, 5.41) is 3.30. The third-order valence-corrected chi connectivity index (χ3v) is 4.17. The predicted molar refractivity (Wildman–Crippen MR) is 76.4 cm³/mol. The first kappa shape index (κ1) is 12.1. The van der Waals surface area contributed by atoms with Gasteiger partial charge in [0.25, 0.3) is 0 Å². The lowest BCUT2D eigenvalue weighted by molar-refractivity contribution is -0.612. The Morgan fingerprint density at radius 2 is 1.94 bits per heavy atom. The summed E-state index contributed by atoms with van der Waals surface area (Å²) in [6.07, 6.45) is 4.85. The molecule has 1 aromatic heterocycles. The fraction of sp³-hybridized carbons (Fsp3) is 0.385. The fourth-order valence-electron chi connectivity index (χ4n) is 2.49. The van der Waals surface area contributed by atoms with Crippen LogP contribution in [-0.4, -0.2) is 9.78 Å². The van der Waals surface area contributed by atoms with Crippen LogP contribution in [0.5, 0.6) is 0 Å². The van der Waals surface area contributed by atoms with Crippen LogP contribution in [-0.2, 0) is 13.0 Å². The van der Waals surface area contributed by atoms with Gasteiger partial charge in [-0.15, -0.1) is 9.78 Å². The molecule has 1 N–H and O–H groups in total. The Kier molecular flexibility index (Phi) is 3.35. The molecule has 1 aromatic carbocycles. The molecule has 0 bridgehead atoms. The summed E-state index contributed by atoms with van der Waals surface area (Å²) in [6.45, 7) is 1.04. The zero-order valence-electron chi connectivity index (χ0n) is 10.0. The van der Waals surface area contributed by atoms with Gasteiger partial charge in [0.1, 0.15) is 12.2 Å². The third-order valence-electron chi connectivity index (χ3n) is 3.37. The summed E-state index contributed by atoms with van der Waals surface area (Å²) < 4.78 is 6.24. The monoisotopic (exact) mass is 324 g/mol. The maximum atomic E-state index is 5.45. The molecule has 2 heterocycles. The first-order valence-corrected chi connectivity index (χ1v) is 7.45. The van der Waals surface area contributed by atoms with Gasteiger partial charge in [0.05, 0.1) is 0 Å². The van der Waals surface area contributed by atoms with E-state index in [-0.39, 0.29) is 0 Å². The van der Waals surface area contributed by atoms with E-state index in [0.29, 0.717) is 0 Å². The number of aryl methyl sites for hydroxylation is 1. The van der Waals surface area contributed by atoms with Crippen LogP contribution in [0.2, 0.25) is 0 Å². The number of hydrogen-bond donors (Lipinski definition) is 1. The van der Waals surface area contributed by atoms with Crippen LogP contribution < -0.4 is 4.57 Å². The number of hydrogen-bond acceptors (Lipinski definition) is 1. The molecule has 5 heteroatoms. The van der Waals surface area contributed by atoms with E-state index in [1.165, 1.54) is 25.1 Å². The molecular weight excluding hydrogens is 310 g/mol. The summed E-state index contributed by atoms with van der Waals surface area (Å²) in [5.74, 6) is 1.29. The number of halogens is 1. The van der Waals surface area contributed by atoms with E-state index in [1.807, 2.05) is 0 Å². The second-order valence-electron chi connectivity index (χ2n) is 4.61. The predicted octanol–water partition coefficient (Wildman–Crippen LogP) is 3.31. The number of rotatable bonds is 1. The number of aromatic amines is 1. The van der Waals surface area contributed by atoms with Crippen LogP contribution in [0.25, 0.3) is 5.69 Å². The van der Waals surface area contributed by atoms with Crippen molar-refractivity contribution in [3.05, 3.63) is 39.3 Å². The molecule has 2 aromatic rings. The molecule has 94 valence electrons. The standard InChI is InChI=1S/C13H14BrN3S/c14-10-5-7-11(8-6-10)17-12-4-2-1-3-9-16(12)15-13(17)18/h5-8H,1-4,9H2/p+1. The number of H-pyrrole nitrogens is 1. The molecule has 1 aliphatic rings. The van der Waals surface area contributed by atoms with E-state index < -0.39 is 0 Å². The van der Waals surface area contributed by atoms with Crippen molar-refractivity contribution in [3.8, 4) is 5.69 Å². The van der Waals surface area contributed by atoms with Crippen molar-refractivity contribution in [1.29, 1.82) is 0 Å². The smallest absolute Gasteiger partial charge is 0.188 e. The minimum absolute atomic E-state index is 0.786. The van der Waals surface area contributed by atoms with Crippen molar-refractivity contribution in [2.24, 2.45) is 0 Å². The Morgan fingerprint density at radius 3 is 2.72 bits per heavy atom. The third kappa shape index (κ3) is 2.17. The van der Waals surface area contributed by atoms with Gasteiger partial charge in [0, 0.05) is 10.9 Å². The van der Waals surface area contributed by atoms with Gasteiger partial charge in [-0.2, -0.15) is 4.57 Å². The van der Waals surface area contributed by atoms with Crippen LogP contribution >= 0.6 is 28.1 Å². The first-order chi connectivity index (χ1) is 8.75. The summed E-state index contributed by atoms with van der Waals surface area (Å²) in [4.78, 5) is 0. The Morgan fingerprint density at radius 1 is 1.17 bits per heavy atom. The Labute approximate surface area is 120 Å². The van der Waals surface area contributed by atoms with Crippen molar-refractivity contribution in [3.63, 3.8) is 0 Å². The summed E-state index contributed by atoms with van der Waals surface area (Å²) >= 11 is 8.92. The number of aromatic nitrogens is 3. The zero-order valence-corrected chi connectivity index (χ0v) is 12.4. The summed E-state index contributed by atoms with van der Waals surface area (Å²) in [7, 11) is 0. The SMILES string of the molecule is S=c1[nH]n2c([n+]1-c1ccc(Br)cc1)CCCCC2. The molecule has 18 heavy (non-hydrogen) atoms. The molecule has 0 unspecified atom stereocenters. The fourth-order valence-corrected chi connectivity index (χ4v) is 3.07. The van der Waals surface area contributed by atoms with E-state index in [9.17, 15) is 0 Å². The number of nitrogens with one attached hydrogen (secondary N) is 1. The first-order valence-electron chi connectivity index (χ1n) is 6.25. The van der Waals surface area contributed by atoms with E-state index in [4.69, 9.17) is 12.2 Å². The highest BCUT2D eigenvalue weighted by Crippen LogP contribution is 2.14. The van der Waals surface area contributed by atoms with E-state index >= 15 is 0 Å². The molecule has 0 fully saturated rings. The van der Waals surface area contributed by atoms with Gasteiger partial charge >= 0.3 is 4.77 Å². The lowest BCUT2D eigenvalue weighted by Gasteiger charge is -2.01. The summed E-state index contributed by atoms with van der Waals surface area (Å²) in [5.41, 5.74) is 1.13. The molecule has 3 nitrogen and oxygen atoms in total. The molecule has 0 atom stereocenters. The molecule has 3 rings (SSSR count). The zero-order chi connectivity index (χ0) is 12.5. The van der Waals surface area contributed by atoms with Crippen molar-refractivity contribution in [2.45, 2.75) is 32.2 Å². The van der Waals surface area contributed by atoms with Gasteiger partial charge in [-0.05, 0) is 55.7 Å². The van der Waals surface area contributed by atoms with Crippen LogP contribution in [0.4, 0.5) is 0 Å². The van der Waals surface area contributed by atoms with Gasteiger partial charge in [-0.3, -0.25) is 0 Å². The van der Waals surface area contributed by atoms with Crippen molar-refractivity contribution >= 4 is 28.1 Å². The summed E-state index contributed by atoms with van der Waals surface area (Å²) in [6, 6.07) is 8.30. The normalized spacial score (nSPS) is 15.2. The Bertz CT molecular complexity index is 612. The molecular formula is C13H15BrN3S+. The largest absolute Gasteiger partial charge is 0.328 e. The van der Waals surface area contributed by atoms with Gasteiger partial charge in [-0.1, -0.05) is 15.9 Å². The van der Waals surface area contributed by atoms with Crippen molar-refractivity contribution < 1.29 is 4.57 Å². The number of benzene rings is 1. The van der Waals surface area contributed by atoms with Crippen molar-refractivity contribution in [2.75, 3.05) is 0 Å². The number of fused-ring (bicyclic) bond motifs is 1. The van der Waals surface area contributed by atoms with Gasteiger partial charge in [-0.25, -0.2) is 0 Å². The maximum absolute atomic E-state index is 5.45. The highest BCUT2D eigenvalue weighted by atomic mass is 79.9. The van der Waals surface area contributed by atoms with Gasteiger partial charge in [0.15, 0.2) is 0 Å². The van der Waals surface area contributed by atoms with Crippen LogP contribution in [0, 0.1) is 4.77 Å². The molecule has 0 saturated carbocycles. The molecule has 0 spiro atoms. The van der Waals surface area contributed by atoms with Crippen LogP contribution in [0.1, 0.15) is 25.1 Å². The van der Waals surface area contributed by atoms with Crippen molar-refractivity contribution in [1.82, 2.24) is 9.78 Å². The van der Waals surface area contributed by atoms with Crippen LogP contribution in [0.15, 0.2) is 28.7 Å². The molecule has 0 amide bonds. The topological polar surface area (TPSA) is 24.6 Å². The molecule has 0 saturated heterocycles. The van der Waals surface area contributed by atoms with E-state index in [0.717, 1.165) is 27.9 Å². The highest BCUT2D eigenvalue weighted by Gasteiger charge is 2.22. The average molecular weight is 325 g/mol. The Balaban J connectivity index is 2.14. The molecule has 0 radical (unpaired) electrons. The maximum Gasteiger partial charge on any atom is 0.328 e. The van der Waals surface area contributed by atoms with Gasteiger partial charge in [0.2, 0.25) is 5.82 Å². The lowest BCUT2D eigenvalue weighted by Crippen LogP contribution is -2.35. The second-order valence-corrected chi connectivity index (χ2v) is 5.91. The van der Waals surface area contributed by atoms with Gasteiger partial charge < -0.3 is 0 Å². The minimum atomic E-state index is 0.786. The van der Waals surface area contributed by atoms with E-state index in [1.54, 1.807) is 0 Å².